The van der Waals surface area contributed by atoms with Crippen LogP contribution in [-0.2, 0) is 11.2 Å². The first-order valence-electron chi connectivity index (χ1n) is 8.52. The maximum Gasteiger partial charge on any atom is 0.272 e. The number of aromatic nitrogens is 3. The molecule has 2 aromatic heterocycles. The van der Waals surface area contributed by atoms with E-state index >= 15 is 0 Å². The third kappa shape index (κ3) is 2.54. The van der Waals surface area contributed by atoms with Gasteiger partial charge in [0.1, 0.15) is 0 Å². The lowest BCUT2D eigenvalue weighted by Crippen LogP contribution is -2.20. The van der Waals surface area contributed by atoms with Crippen molar-refractivity contribution in [2.45, 2.75) is 25.7 Å². The molecule has 1 amide bonds. The minimum absolute atomic E-state index is 0.0289. The standard InChI is InChI=1S/C19H20N4O2/c1-3-14-18(12-7-5-4-6-8-12)19-20-15(10-17(25)23(19)21-14)13-9-16(24)22(2)11-13/h4-8,10,13,21H,3,9,11H2,1-2H3/t13-/m1/s1. The molecule has 6 heteroatoms. The Labute approximate surface area is 145 Å². The Hall–Kier alpha value is -2.89. The maximum atomic E-state index is 12.6. The fraction of sp³-hybridized carbons (Fsp3) is 0.316. The highest BCUT2D eigenvalue weighted by molar-refractivity contribution is 5.81. The van der Waals surface area contributed by atoms with Gasteiger partial charge in [-0.1, -0.05) is 37.3 Å². The second-order valence-electron chi connectivity index (χ2n) is 6.54. The van der Waals surface area contributed by atoms with Crippen LogP contribution in [0.25, 0.3) is 16.8 Å². The summed E-state index contributed by atoms with van der Waals surface area (Å²) < 4.78 is 1.51. The van der Waals surface area contributed by atoms with Gasteiger partial charge in [-0.05, 0) is 12.0 Å². The van der Waals surface area contributed by atoms with Crippen LogP contribution in [0.2, 0.25) is 0 Å². The molecule has 25 heavy (non-hydrogen) atoms. The molecule has 6 nitrogen and oxygen atoms in total. The smallest absolute Gasteiger partial charge is 0.272 e. The van der Waals surface area contributed by atoms with Crippen LogP contribution in [0.3, 0.4) is 0 Å². The average molecular weight is 336 g/mol. The number of benzene rings is 1. The van der Waals surface area contributed by atoms with Gasteiger partial charge < -0.3 is 4.90 Å². The van der Waals surface area contributed by atoms with E-state index in [0.29, 0.717) is 24.3 Å². The first kappa shape index (κ1) is 15.6. The van der Waals surface area contributed by atoms with Crippen molar-refractivity contribution in [3.05, 3.63) is 58.1 Å². The van der Waals surface area contributed by atoms with Gasteiger partial charge in [-0.3, -0.25) is 14.7 Å². The lowest BCUT2D eigenvalue weighted by atomic mass is 10.0. The molecule has 1 aliphatic heterocycles. The first-order chi connectivity index (χ1) is 12.1. The third-order valence-electron chi connectivity index (χ3n) is 4.89. The van der Waals surface area contributed by atoms with Gasteiger partial charge in [0.2, 0.25) is 5.91 Å². The summed E-state index contributed by atoms with van der Waals surface area (Å²) >= 11 is 0. The van der Waals surface area contributed by atoms with Crippen LogP contribution in [0, 0.1) is 0 Å². The van der Waals surface area contributed by atoms with Crippen LogP contribution in [0.15, 0.2) is 41.2 Å². The molecular weight excluding hydrogens is 316 g/mol. The van der Waals surface area contributed by atoms with Crippen molar-refractivity contribution in [1.29, 1.82) is 0 Å². The van der Waals surface area contributed by atoms with Gasteiger partial charge in [-0.25, -0.2) is 9.50 Å². The van der Waals surface area contributed by atoms with Crippen molar-refractivity contribution < 1.29 is 4.79 Å². The number of nitrogens with zero attached hydrogens (tertiary/aromatic N) is 3. The number of amides is 1. The predicted octanol–water partition coefficient (Wildman–Crippen LogP) is 2.20. The van der Waals surface area contributed by atoms with Gasteiger partial charge in [-0.2, -0.15) is 0 Å². The highest BCUT2D eigenvalue weighted by Gasteiger charge is 2.30. The van der Waals surface area contributed by atoms with Crippen LogP contribution in [0.5, 0.6) is 0 Å². The lowest BCUT2D eigenvalue weighted by Gasteiger charge is -2.10. The second kappa shape index (κ2) is 5.88. The number of carbonyl (C=O) groups excluding carboxylic acids is 1. The molecule has 0 unspecified atom stereocenters. The van der Waals surface area contributed by atoms with Crippen molar-refractivity contribution in [2.75, 3.05) is 13.6 Å². The number of hydrogen-bond donors (Lipinski definition) is 1. The summed E-state index contributed by atoms with van der Waals surface area (Å²) in [6, 6.07) is 11.5. The zero-order valence-corrected chi connectivity index (χ0v) is 14.3. The van der Waals surface area contributed by atoms with Gasteiger partial charge in [-0.15, -0.1) is 0 Å². The maximum absolute atomic E-state index is 12.6. The minimum atomic E-state index is -0.140. The van der Waals surface area contributed by atoms with Crippen molar-refractivity contribution >= 4 is 11.6 Å². The van der Waals surface area contributed by atoms with Crippen LogP contribution >= 0.6 is 0 Å². The number of H-pyrrole nitrogens is 1. The normalized spacial score (nSPS) is 17.6. The molecule has 0 radical (unpaired) electrons. The number of carbonyl (C=O) groups is 1. The van der Waals surface area contributed by atoms with E-state index in [-0.39, 0.29) is 17.4 Å². The van der Waals surface area contributed by atoms with E-state index < -0.39 is 0 Å². The Morgan fingerprint density at radius 1 is 1.24 bits per heavy atom. The highest BCUT2D eigenvalue weighted by Crippen LogP contribution is 2.30. The molecule has 1 N–H and O–H groups in total. The SMILES string of the molecule is CCc1[nH]n2c(=O)cc([C@@H]3CC(=O)N(C)C3)nc2c1-c1ccccc1. The Morgan fingerprint density at radius 3 is 2.64 bits per heavy atom. The van der Waals surface area contributed by atoms with E-state index in [1.54, 1.807) is 18.0 Å². The number of hydrogen-bond acceptors (Lipinski definition) is 3. The number of aromatic amines is 1. The zero-order valence-electron chi connectivity index (χ0n) is 14.3. The molecule has 1 aromatic carbocycles. The molecule has 3 heterocycles. The van der Waals surface area contributed by atoms with E-state index in [1.165, 1.54) is 4.52 Å². The highest BCUT2D eigenvalue weighted by atomic mass is 16.2. The predicted molar refractivity (Wildman–Crippen MR) is 95.6 cm³/mol. The molecule has 0 spiro atoms. The van der Waals surface area contributed by atoms with Gasteiger partial charge in [0.15, 0.2) is 5.65 Å². The van der Waals surface area contributed by atoms with E-state index in [4.69, 9.17) is 4.98 Å². The molecule has 0 bridgehead atoms. The summed E-state index contributed by atoms with van der Waals surface area (Å²) in [7, 11) is 1.79. The Balaban J connectivity index is 1.93. The molecule has 3 aromatic rings. The van der Waals surface area contributed by atoms with Crippen molar-refractivity contribution in [3.63, 3.8) is 0 Å². The summed E-state index contributed by atoms with van der Waals surface area (Å²) in [5, 5.41) is 3.18. The average Bonchev–Trinajstić information content (AvgIpc) is 3.16. The van der Waals surface area contributed by atoms with Crippen LogP contribution < -0.4 is 5.56 Å². The number of rotatable bonds is 3. The number of likely N-dealkylation sites (tertiary alicyclic amines) is 1. The summed E-state index contributed by atoms with van der Waals surface area (Å²) in [6.45, 7) is 2.65. The molecule has 1 saturated heterocycles. The van der Waals surface area contributed by atoms with Crippen molar-refractivity contribution in [3.8, 4) is 11.1 Å². The van der Waals surface area contributed by atoms with E-state index in [9.17, 15) is 9.59 Å². The topological polar surface area (TPSA) is 70.5 Å². The van der Waals surface area contributed by atoms with Gasteiger partial charge in [0, 0.05) is 43.3 Å². The van der Waals surface area contributed by atoms with Gasteiger partial charge >= 0.3 is 0 Å². The molecule has 128 valence electrons. The van der Waals surface area contributed by atoms with Crippen LogP contribution in [0.1, 0.15) is 30.7 Å². The van der Waals surface area contributed by atoms with Crippen molar-refractivity contribution in [2.24, 2.45) is 0 Å². The Kier molecular flexibility index (Phi) is 3.67. The van der Waals surface area contributed by atoms with E-state index in [0.717, 1.165) is 23.2 Å². The molecule has 0 aliphatic carbocycles. The molecule has 1 aliphatic rings. The van der Waals surface area contributed by atoms with Gasteiger partial charge in [0.25, 0.3) is 5.56 Å². The lowest BCUT2D eigenvalue weighted by molar-refractivity contribution is -0.126. The third-order valence-corrected chi connectivity index (χ3v) is 4.89. The summed E-state index contributed by atoms with van der Waals surface area (Å²) in [5.74, 6) is 0.0670. The molecule has 1 fully saturated rings. The fourth-order valence-electron chi connectivity index (χ4n) is 3.54. The number of fused-ring (bicyclic) bond motifs is 1. The Morgan fingerprint density at radius 2 is 2.00 bits per heavy atom. The number of aryl methyl sites for hydroxylation is 1. The van der Waals surface area contributed by atoms with Crippen LogP contribution in [0.4, 0.5) is 0 Å². The molecule has 4 rings (SSSR count). The monoisotopic (exact) mass is 336 g/mol. The van der Waals surface area contributed by atoms with Crippen molar-refractivity contribution in [1.82, 2.24) is 19.5 Å². The zero-order chi connectivity index (χ0) is 17.6. The van der Waals surface area contributed by atoms with E-state index in [1.807, 2.05) is 37.3 Å². The Bertz CT molecular complexity index is 1000. The molecule has 1 atom stereocenters. The second-order valence-corrected chi connectivity index (χ2v) is 6.54. The van der Waals surface area contributed by atoms with Crippen LogP contribution in [-0.4, -0.2) is 39.0 Å². The van der Waals surface area contributed by atoms with E-state index in [2.05, 4.69) is 5.10 Å². The molecule has 0 saturated carbocycles. The minimum Gasteiger partial charge on any atom is -0.345 e. The largest absolute Gasteiger partial charge is 0.345 e. The number of nitrogens with one attached hydrogen (secondary N) is 1. The summed E-state index contributed by atoms with van der Waals surface area (Å²) in [6.07, 6.45) is 1.18. The van der Waals surface area contributed by atoms with Gasteiger partial charge in [0.05, 0.1) is 5.69 Å². The quantitative estimate of drug-likeness (QED) is 0.797. The summed E-state index contributed by atoms with van der Waals surface area (Å²) in [4.78, 5) is 31.0. The summed E-state index contributed by atoms with van der Waals surface area (Å²) in [5.41, 5.74) is 4.15. The fourth-order valence-corrected chi connectivity index (χ4v) is 3.54. The first-order valence-corrected chi connectivity index (χ1v) is 8.52. The number of likely N-dealkylation sites (N-methyl/N-ethyl adjacent to an activating group) is 1. The molecular formula is C19H20N4O2.